The topological polar surface area (TPSA) is 0 Å². The van der Waals surface area contributed by atoms with Crippen molar-refractivity contribution in [2.75, 3.05) is 0 Å². The van der Waals surface area contributed by atoms with Crippen LogP contribution < -0.4 is 10.4 Å². The zero-order chi connectivity index (χ0) is 16.6. The van der Waals surface area contributed by atoms with E-state index in [0.717, 1.165) is 5.92 Å². The van der Waals surface area contributed by atoms with Gasteiger partial charge in [0.1, 0.15) is 8.80 Å². The van der Waals surface area contributed by atoms with Gasteiger partial charge >= 0.3 is 0 Å². The maximum Gasteiger partial charge on any atom is 0.121 e. The van der Waals surface area contributed by atoms with Crippen molar-refractivity contribution >= 4 is 19.2 Å². The van der Waals surface area contributed by atoms with E-state index in [-0.39, 0.29) is 0 Å². The second kappa shape index (κ2) is 8.65. The van der Waals surface area contributed by atoms with Gasteiger partial charge in [-0.1, -0.05) is 108 Å². The molecule has 121 valence electrons. The number of hydrogen-bond donors (Lipinski definition) is 0. The first-order valence-electron chi connectivity index (χ1n) is 8.83. The van der Waals surface area contributed by atoms with E-state index < -0.39 is 8.80 Å². The molecule has 0 heterocycles. The Bertz CT molecular complexity index is 667. The zero-order valence-electron chi connectivity index (χ0n) is 14.4. The van der Waals surface area contributed by atoms with Crippen LogP contribution in [0, 0.1) is 5.92 Å². The lowest BCUT2D eigenvalue weighted by Gasteiger charge is -2.20. The van der Waals surface area contributed by atoms with E-state index in [1.165, 1.54) is 34.8 Å². The average molecular weight is 330 g/mol. The first-order valence-corrected chi connectivity index (χ1v) is 10.5. The van der Waals surface area contributed by atoms with Gasteiger partial charge in [0, 0.05) is 0 Å². The molecule has 1 atom stereocenters. The summed E-state index contributed by atoms with van der Waals surface area (Å²) < 4.78 is 0. The van der Waals surface area contributed by atoms with Crippen LogP contribution in [0.1, 0.15) is 18.9 Å². The van der Waals surface area contributed by atoms with E-state index in [9.17, 15) is 0 Å². The highest BCUT2D eigenvalue weighted by Gasteiger charge is 2.19. The van der Waals surface area contributed by atoms with E-state index >= 15 is 0 Å². The predicted molar refractivity (Wildman–Crippen MR) is 107 cm³/mol. The minimum atomic E-state index is -0.702. The van der Waals surface area contributed by atoms with Crippen molar-refractivity contribution in [2.24, 2.45) is 5.92 Å². The molecule has 0 spiro atoms. The standard InChI is InChI=1S/C23H25Si/c1-20(17-18-21-11-5-2-6-12-21)19-24(22-13-7-3-8-14-22)23-15-9-4-10-16-23/h2-16,20H,17-19H2,1H3/t20-/m0/s1. The Morgan fingerprint density at radius 2 is 1.12 bits per heavy atom. The average Bonchev–Trinajstić information content (AvgIpc) is 2.67. The summed E-state index contributed by atoms with van der Waals surface area (Å²) in [5.74, 6) is 0.736. The lowest BCUT2D eigenvalue weighted by molar-refractivity contribution is 0.583. The van der Waals surface area contributed by atoms with Gasteiger partial charge in [-0.2, -0.15) is 0 Å². The lowest BCUT2D eigenvalue weighted by Crippen LogP contribution is -2.43. The summed E-state index contributed by atoms with van der Waals surface area (Å²) in [5, 5.41) is 3.06. The maximum atomic E-state index is 2.42. The second-order valence-corrected chi connectivity index (χ2v) is 9.06. The Labute approximate surface area is 147 Å². The van der Waals surface area contributed by atoms with Crippen molar-refractivity contribution in [3.05, 3.63) is 96.6 Å². The van der Waals surface area contributed by atoms with Crippen molar-refractivity contribution in [3.8, 4) is 0 Å². The molecule has 0 aromatic heterocycles. The fourth-order valence-electron chi connectivity index (χ4n) is 3.19. The fraction of sp³-hybridized carbons (Fsp3) is 0.217. The highest BCUT2D eigenvalue weighted by molar-refractivity contribution is 6.85. The van der Waals surface area contributed by atoms with Crippen LogP contribution in [-0.4, -0.2) is 8.80 Å². The fourth-order valence-corrected chi connectivity index (χ4v) is 6.08. The van der Waals surface area contributed by atoms with Crippen molar-refractivity contribution < 1.29 is 0 Å². The Morgan fingerprint density at radius 3 is 1.62 bits per heavy atom. The SMILES string of the molecule is C[C@@H](CCc1ccccc1)C[Si](c1ccccc1)c1ccccc1. The molecule has 24 heavy (non-hydrogen) atoms. The number of rotatable bonds is 7. The molecule has 0 nitrogen and oxygen atoms in total. The highest BCUT2D eigenvalue weighted by Crippen LogP contribution is 2.15. The van der Waals surface area contributed by atoms with Gasteiger partial charge in [-0.3, -0.25) is 0 Å². The van der Waals surface area contributed by atoms with Gasteiger partial charge in [0.25, 0.3) is 0 Å². The van der Waals surface area contributed by atoms with Crippen LogP contribution >= 0.6 is 0 Å². The number of hydrogen-bond acceptors (Lipinski definition) is 0. The Morgan fingerprint density at radius 1 is 0.667 bits per heavy atom. The van der Waals surface area contributed by atoms with Gasteiger partial charge in [-0.25, -0.2) is 0 Å². The van der Waals surface area contributed by atoms with E-state index in [0.29, 0.717) is 0 Å². The molecular weight excluding hydrogens is 304 g/mol. The molecule has 0 aliphatic carbocycles. The number of benzene rings is 3. The third kappa shape index (κ3) is 4.69. The molecule has 3 aromatic carbocycles. The summed E-state index contributed by atoms with van der Waals surface area (Å²) in [6.45, 7) is 2.42. The summed E-state index contributed by atoms with van der Waals surface area (Å²) in [6.07, 6.45) is 2.44. The first kappa shape index (κ1) is 16.7. The van der Waals surface area contributed by atoms with Crippen molar-refractivity contribution in [1.82, 2.24) is 0 Å². The summed E-state index contributed by atoms with van der Waals surface area (Å²) in [7, 11) is -0.702. The summed E-state index contributed by atoms with van der Waals surface area (Å²) in [5.41, 5.74) is 1.46. The molecule has 3 aromatic rings. The third-order valence-corrected chi connectivity index (χ3v) is 7.73. The molecule has 0 aliphatic heterocycles. The van der Waals surface area contributed by atoms with Crippen LogP contribution in [0.15, 0.2) is 91.0 Å². The quantitative estimate of drug-likeness (QED) is 0.557. The van der Waals surface area contributed by atoms with Gasteiger partial charge in [-0.15, -0.1) is 0 Å². The lowest BCUT2D eigenvalue weighted by atomic mass is 10.0. The minimum absolute atomic E-state index is 0.702. The highest BCUT2D eigenvalue weighted by atomic mass is 28.3. The third-order valence-electron chi connectivity index (χ3n) is 4.57. The van der Waals surface area contributed by atoms with Gasteiger partial charge < -0.3 is 0 Å². The number of aryl methyl sites for hydroxylation is 1. The van der Waals surface area contributed by atoms with E-state index in [1.807, 2.05) is 0 Å². The second-order valence-electron chi connectivity index (χ2n) is 6.54. The first-order chi connectivity index (χ1) is 11.8. The maximum absolute atomic E-state index is 2.42. The van der Waals surface area contributed by atoms with E-state index in [2.05, 4.69) is 97.9 Å². The smallest absolute Gasteiger partial charge is 0.0628 e. The van der Waals surface area contributed by atoms with Crippen LogP contribution in [0.3, 0.4) is 0 Å². The van der Waals surface area contributed by atoms with E-state index in [4.69, 9.17) is 0 Å². The Kier molecular flexibility index (Phi) is 6.03. The molecule has 0 aliphatic rings. The molecule has 1 radical (unpaired) electrons. The van der Waals surface area contributed by atoms with Crippen LogP contribution in [0.5, 0.6) is 0 Å². The molecule has 0 N–H and O–H groups in total. The predicted octanol–water partition coefficient (Wildman–Crippen LogP) is 4.56. The molecule has 0 amide bonds. The van der Waals surface area contributed by atoms with Gasteiger partial charge in [0.15, 0.2) is 0 Å². The molecular formula is C23H25Si. The van der Waals surface area contributed by atoms with Gasteiger partial charge in [0.05, 0.1) is 0 Å². The minimum Gasteiger partial charge on any atom is -0.0628 e. The molecule has 1 heteroatoms. The Balaban J connectivity index is 1.70. The molecule has 0 unspecified atom stereocenters. The van der Waals surface area contributed by atoms with Crippen molar-refractivity contribution in [3.63, 3.8) is 0 Å². The van der Waals surface area contributed by atoms with Crippen LogP contribution in [0.4, 0.5) is 0 Å². The van der Waals surface area contributed by atoms with Crippen molar-refractivity contribution in [2.45, 2.75) is 25.8 Å². The van der Waals surface area contributed by atoms with Crippen LogP contribution in [0.2, 0.25) is 6.04 Å². The van der Waals surface area contributed by atoms with Crippen LogP contribution in [-0.2, 0) is 6.42 Å². The van der Waals surface area contributed by atoms with Crippen LogP contribution in [0.25, 0.3) is 0 Å². The monoisotopic (exact) mass is 329 g/mol. The van der Waals surface area contributed by atoms with Gasteiger partial charge in [-0.05, 0) is 30.4 Å². The molecule has 0 saturated carbocycles. The molecule has 0 bridgehead atoms. The molecule has 0 saturated heterocycles. The van der Waals surface area contributed by atoms with E-state index in [1.54, 1.807) is 0 Å². The van der Waals surface area contributed by atoms with Gasteiger partial charge in [0.2, 0.25) is 0 Å². The zero-order valence-corrected chi connectivity index (χ0v) is 15.4. The largest absolute Gasteiger partial charge is 0.121 e. The summed E-state index contributed by atoms with van der Waals surface area (Å²) >= 11 is 0. The molecule has 0 fully saturated rings. The van der Waals surface area contributed by atoms with Crippen molar-refractivity contribution in [1.29, 1.82) is 0 Å². The molecule has 3 rings (SSSR count). The summed E-state index contributed by atoms with van der Waals surface area (Å²) in [4.78, 5) is 0. The Hall–Kier alpha value is -2.12. The summed E-state index contributed by atoms with van der Waals surface area (Å²) in [6, 6.07) is 34.4. The normalized spacial score (nSPS) is 12.2.